The van der Waals surface area contributed by atoms with Gasteiger partial charge in [-0.05, 0) is 18.4 Å². The molecule has 0 radical (unpaired) electrons. The molecule has 1 aromatic carbocycles. The van der Waals surface area contributed by atoms with Crippen molar-refractivity contribution in [3.8, 4) is 5.88 Å². The van der Waals surface area contributed by atoms with Gasteiger partial charge < -0.3 is 10.5 Å². The highest BCUT2D eigenvalue weighted by Crippen LogP contribution is 2.29. The van der Waals surface area contributed by atoms with E-state index in [1.54, 1.807) is 0 Å². The third kappa shape index (κ3) is 2.75. The maximum atomic E-state index is 5.80. The van der Waals surface area contributed by atoms with Crippen LogP contribution in [0, 0.1) is 5.92 Å². The summed E-state index contributed by atoms with van der Waals surface area (Å²) < 4.78 is 5.79. The van der Waals surface area contributed by atoms with Crippen LogP contribution >= 0.6 is 12.2 Å². The topological polar surface area (TPSA) is 48.1 Å². The molecule has 3 rings (SSSR count). The summed E-state index contributed by atoms with van der Waals surface area (Å²) in [6.45, 7) is 0.715. The maximum absolute atomic E-state index is 5.80. The van der Waals surface area contributed by atoms with Gasteiger partial charge in [0.25, 0.3) is 0 Å². The number of thiocarbonyl (C=S) groups is 1. The number of para-hydroxylation sites is 1. The molecule has 4 heteroatoms. The lowest BCUT2D eigenvalue weighted by Gasteiger charge is -2.24. The van der Waals surface area contributed by atoms with Gasteiger partial charge in [-0.2, -0.15) is 0 Å². The minimum absolute atomic E-state index is 0.382. The molecular formula is C16H18N2OS. The van der Waals surface area contributed by atoms with Crippen molar-refractivity contribution in [2.24, 2.45) is 11.7 Å². The average Bonchev–Trinajstić information content (AvgIpc) is 2.40. The normalized spacial score (nSPS) is 15.0. The molecule has 2 N–H and O–H groups in total. The van der Waals surface area contributed by atoms with E-state index in [9.17, 15) is 0 Å². The lowest BCUT2D eigenvalue weighted by molar-refractivity contribution is 0.218. The van der Waals surface area contributed by atoms with Gasteiger partial charge in [-0.3, -0.25) is 0 Å². The van der Waals surface area contributed by atoms with Gasteiger partial charge >= 0.3 is 0 Å². The Balaban J connectivity index is 1.81. The van der Waals surface area contributed by atoms with Gasteiger partial charge in [0.15, 0.2) is 0 Å². The van der Waals surface area contributed by atoms with Crippen LogP contribution in [0.3, 0.4) is 0 Å². The second-order valence-corrected chi connectivity index (χ2v) is 5.76. The molecule has 1 aliphatic carbocycles. The Morgan fingerprint density at radius 1 is 1.35 bits per heavy atom. The van der Waals surface area contributed by atoms with Gasteiger partial charge in [0, 0.05) is 17.0 Å². The summed E-state index contributed by atoms with van der Waals surface area (Å²) >= 11 is 5.13. The van der Waals surface area contributed by atoms with Crippen LogP contribution in [-0.4, -0.2) is 16.6 Å². The van der Waals surface area contributed by atoms with E-state index in [1.807, 2.05) is 30.3 Å². The van der Waals surface area contributed by atoms with Crippen molar-refractivity contribution in [3.05, 3.63) is 35.9 Å². The molecular weight excluding hydrogens is 268 g/mol. The van der Waals surface area contributed by atoms with E-state index in [-0.39, 0.29) is 0 Å². The lowest BCUT2D eigenvalue weighted by atomic mass is 9.83. The molecule has 0 unspecified atom stereocenters. The van der Waals surface area contributed by atoms with E-state index in [0.29, 0.717) is 17.5 Å². The first kappa shape index (κ1) is 13.3. The average molecular weight is 286 g/mol. The summed E-state index contributed by atoms with van der Waals surface area (Å²) in [4.78, 5) is 4.90. The van der Waals surface area contributed by atoms with Gasteiger partial charge in [-0.25, -0.2) is 4.98 Å². The van der Waals surface area contributed by atoms with Crippen molar-refractivity contribution in [2.75, 3.05) is 6.61 Å². The highest BCUT2D eigenvalue weighted by molar-refractivity contribution is 7.80. The highest BCUT2D eigenvalue weighted by atomic mass is 32.1. The molecule has 1 fully saturated rings. The minimum atomic E-state index is 0.382. The largest absolute Gasteiger partial charge is 0.478 e. The first-order chi connectivity index (χ1) is 9.74. The van der Waals surface area contributed by atoms with E-state index in [4.69, 9.17) is 22.7 Å². The first-order valence-corrected chi connectivity index (χ1v) is 7.47. The van der Waals surface area contributed by atoms with Crippen molar-refractivity contribution in [1.29, 1.82) is 0 Å². The van der Waals surface area contributed by atoms with E-state index in [1.165, 1.54) is 19.3 Å². The van der Waals surface area contributed by atoms with E-state index < -0.39 is 0 Å². The van der Waals surface area contributed by atoms with Gasteiger partial charge in [0.2, 0.25) is 5.88 Å². The van der Waals surface area contributed by atoms with Crippen LogP contribution in [0.2, 0.25) is 0 Å². The third-order valence-corrected chi connectivity index (χ3v) is 4.18. The predicted octanol–water partition coefficient (Wildman–Crippen LogP) is 3.44. The predicted molar refractivity (Wildman–Crippen MR) is 85.1 cm³/mol. The SMILES string of the molecule is NC(=S)c1cc(OCCC2CCC2)nc2ccccc12. The molecule has 104 valence electrons. The van der Waals surface area contributed by atoms with Gasteiger partial charge in [-0.15, -0.1) is 0 Å². The van der Waals surface area contributed by atoms with Crippen molar-refractivity contribution < 1.29 is 4.74 Å². The summed E-state index contributed by atoms with van der Waals surface area (Å²) in [7, 11) is 0. The van der Waals surface area contributed by atoms with E-state index >= 15 is 0 Å². The Bertz CT molecular complexity index is 637. The second-order valence-electron chi connectivity index (χ2n) is 5.32. The van der Waals surface area contributed by atoms with Gasteiger partial charge in [0.1, 0.15) is 4.99 Å². The van der Waals surface area contributed by atoms with Crippen LogP contribution in [0.5, 0.6) is 5.88 Å². The standard InChI is InChI=1S/C16H18N2OS/c17-16(20)13-10-15(19-9-8-11-4-3-5-11)18-14-7-2-1-6-12(13)14/h1-2,6-7,10-11H,3-5,8-9H2,(H2,17,20). The zero-order chi connectivity index (χ0) is 13.9. The molecule has 2 aromatic rings. The molecule has 20 heavy (non-hydrogen) atoms. The fourth-order valence-corrected chi connectivity index (χ4v) is 2.71. The van der Waals surface area contributed by atoms with Crippen LogP contribution in [-0.2, 0) is 0 Å². The molecule has 3 nitrogen and oxygen atoms in total. The Labute approximate surface area is 124 Å². The zero-order valence-electron chi connectivity index (χ0n) is 11.3. The summed E-state index contributed by atoms with van der Waals surface area (Å²) in [6, 6.07) is 9.70. The molecule has 1 heterocycles. The summed E-state index contributed by atoms with van der Waals surface area (Å²) in [5.41, 5.74) is 7.51. The minimum Gasteiger partial charge on any atom is -0.478 e. The molecule has 0 saturated heterocycles. The molecule has 0 amide bonds. The van der Waals surface area contributed by atoms with E-state index in [2.05, 4.69) is 4.98 Å². The zero-order valence-corrected chi connectivity index (χ0v) is 12.2. The Kier molecular flexibility index (Phi) is 3.83. The summed E-state index contributed by atoms with van der Waals surface area (Å²) in [5, 5.41) is 0.978. The molecule has 0 aliphatic heterocycles. The Morgan fingerprint density at radius 3 is 2.85 bits per heavy atom. The fraction of sp³-hybridized carbons (Fsp3) is 0.375. The van der Waals surface area contributed by atoms with Crippen molar-refractivity contribution in [2.45, 2.75) is 25.7 Å². The van der Waals surface area contributed by atoms with Gasteiger partial charge in [0.05, 0.1) is 12.1 Å². The lowest BCUT2D eigenvalue weighted by Crippen LogP contribution is -2.15. The number of ether oxygens (including phenoxy) is 1. The first-order valence-electron chi connectivity index (χ1n) is 7.06. The van der Waals surface area contributed by atoms with Crippen molar-refractivity contribution >= 4 is 28.1 Å². The van der Waals surface area contributed by atoms with Crippen LogP contribution < -0.4 is 10.5 Å². The molecule has 0 bridgehead atoms. The number of aromatic nitrogens is 1. The molecule has 0 atom stereocenters. The van der Waals surface area contributed by atoms with Crippen LogP contribution in [0.4, 0.5) is 0 Å². The molecule has 1 aromatic heterocycles. The fourth-order valence-electron chi connectivity index (χ4n) is 2.54. The quantitative estimate of drug-likeness (QED) is 0.855. The molecule has 1 aliphatic rings. The number of hydrogen-bond donors (Lipinski definition) is 1. The monoisotopic (exact) mass is 286 g/mol. The van der Waals surface area contributed by atoms with Crippen LogP contribution in [0.15, 0.2) is 30.3 Å². The van der Waals surface area contributed by atoms with E-state index in [0.717, 1.165) is 28.8 Å². The van der Waals surface area contributed by atoms with Gasteiger partial charge in [-0.1, -0.05) is 49.7 Å². The van der Waals surface area contributed by atoms with Crippen LogP contribution in [0.1, 0.15) is 31.2 Å². The highest BCUT2D eigenvalue weighted by Gasteiger charge is 2.17. The number of pyridine rings is 1. The summed E-state index contributed by atoms with van der Waals surface area (Å²) in [6.07, 6.45) is 5.15. The number of nitrogens with two attached hydrogens (primary N) is 1. The number of fused-ring (bicyclic) bond motifs is 1. The number of nitrogens with zero attached hydrogens (tertiary/aromatic N) is 1. The molecule has 1 saturated carbocycles. The Morgan fingerprint density at radius 2 is 2.15 bits per heavy atom. The maximum Gasteiger partial charge on any atom is 0.214 e. The smallest absolute Gasteiger partial charge is 0.214 e. The number of hydrogen-bond acceptors (Lipinski definition) is 3. The Hall–Kier alpha value is -1.68. The number of rotatable bonds is 5. The summed E-state index contributed by atoms with van der Waals surface area (Å²) in [5.74, 6) is 1.45. The van der Waals surface area contributed by atoms with Crippen molar-refractivity contribution in [3.63, 3.8) is 0 Å². The van der Waals surface area contributed by atoms with Crippen molar-refractivity contribution in [1.82, 2.24) is 4.98 Å². The molecule has 0 spiro atoms. The third-order valence-electron chi connectivity index (χ3n) is 3.96. The van der Waals surface area contributed by atoms with Crippen LogP contribution in [0.25, 0.3) is 10.9 Å². The number of benzene rings is 1. The second kappa shape index (κ2) is 5.75.